The molecule has 0 aliphatic heterocycles. The Labute approximate surface area is 134 Å². The van der Waals surface area contributed by atoms with Crippen molar-refractivity contribution in [1.82, 2.24) is 0 Å². The van der Waals surface area contributed by atoms with Crippen molar-refractivity contribution in [2.75, 3.05) is 0 Å². The Hall–Kier alpha value is -2.08. The molecule has 0 amide bonds. The van der Waals surface area contributed by atoms with Gasteiger partial charge in [0.05, 0.1) is 0 Å². The van der Waals surface area contributed by atoms with Gasteiger partial charge >= 0.3 is 0 Å². The number of benzene rings is 2. The third-order valence-electron chi connectivity index (χ3n) is 4.98. The molecule has 1 atom stereocenters. The second-order valence-electron chi connectivity index (χ2n) is 6.25. The molecule has 3 rings (SSSR count). The first kappa shape index (κ1) is 14.8. The first-order valence-corrected chi connectivity index (χ1v) is 8.26. The van der Waals surface area contributed by atoms with Gasteiger partial charge in [-0.2, -0.15) is 0 Å². The van der Waals surface area contributed by atoms with Crippen LogP contribution in [-0.4, -0.2) is 0 Å². The molecule has 0 spiro atoms. The fourth-order valence-corrected chi connectivity index (χ4v) is 3.32. The lowest BCUT2D eigenvalue weighted by Crippen LogP contribution is -2.26. The highest BCUT2D eigenvalue weighted by molar-refractivity contribution is 5.49. The molecular formula is C22H24. The third-order valence-corrected chi connectivity index (χ3v) is 4.98. The molecule has 0 bridgehead atoms. The van der Waals surface area contributed by atoms with Gasteiger partial charge in [0, 0.05) is 5.41 Å². The van der Waals surface area contributed by atoms with Gasteiger partial charge in [0.25, 0.3) is 0 Å². The zero-order valence-electron chi connectivity index (χ0n) is 13.5. The minimum atomic E-state index is -0.0283. The monoisotopic (exact) mass is 288 g/mol. The van der Waals surface area contributed by atoms with Crippen LogP contribution in [0, 0.1) is 5.92 Å². The van der Waals surface area contributed by atoms with Gasteiger partial charge in [-0.1, -0.05) is 92.7 Å². The van der Waals surface area contributed by atoms with Crippen LogP contribution in [0.5, 0.6) is 0 Å². The molecule has 0 radical (unpaired) electrons. The van der Waals surface area contributed by atoms with Crippen LogP contribution in [0.25, 0.3) is 0 Å². The lowest BCUT2D eigenvalue weighted by Gasteiger charge is -2.34. The summed E-state index contributed by atoms with van der Waals surface area (Å²) in [6, 6.07) is 21.7. The van der Waals surface area contributed by atoms with Crippen molar-refractivity contribution in [3.05, 3.63) is 95.6 Å². The van der Waals surface area contributed by atoms with Crippen LogP contribution in [0.15, 0.2) is 84.5 Å². The summed E-state index contributed by atoms with van der Waals surface area (Å²) in [5, 5.41) is 0. The summed E-state index contributed by atoms with van der Waals surface area (Å²) < 4.78 is 0. The van der Waals surface area contributed by atoms with E-state index in [1.807, 2.05) is 0 Å². The largest absolute Gasteiger partial charge is 0.0795 e. The minimum Gasteiger partial charge on any atom is -0.0795 e. The maximum Gasteiger partial charge on any atom is 0.0419 e. The van der Waals surface area contributed by atoms with Gasteiger partial charge in [-0.3, -0.25) is 0 Å². The van der Waals surface area contributed by atoms with Crippen LogP contribution in [0.1, 0.15) is 37.8 Å². The molecule has 22 heavy (non-hydrogen) atoms. The zero-order chi connectivity index (χ0) is 15.4. The van der Waals surface area contributed by atoms with Gasteiger partial charge in [0.15, 0.2) is 0 Å². The van der Waals surface area contributed by atoms with E-state index < -0.39 is 0 Å². The van der Waals surface area contributed by atoms with Gasteiger partial charge in [-0.25, -0.2) is 0 Å². The van der Waals surface area contributed by atoms with Gasteiger partial charge in [0.1, 0.15) is 0 Å². The van der Waals surface area contributed by atoms with Crippen molar-refractivity contribution in [2.24, 2.45) is 5.92 Å². The van der Waals surface area contributed by atoms with E-state index in [0.717, 1.165) is 6.42 Å². The SMILES string of the molecule is CCC(C)C1=CCC(c2ccccc2)(c2ccccc2)C=C1. The summed E-state index contributed by atoms with van der Waals surface area (Å²) in [6.07, 6.45) is 9.43. The van der Waals surface area contributed by atoms with Crippen LogP contribution >= 0.6 is 0 Å². The number of allylic oxidation sites excluding steroid dienone is 4. The van der Waals surface area contributed by atoms with Crippen molar-refractivity contribution in [2.45, 2.75) is 32.1 Å². The number of rotatable bonds is 4. The minimum absolute atomic E-state index is 0.0283. The molecule has 0 heteroatoms. The molecule has 0 N–H and O–H groups in total. The molecule has 112 valence electrons. The lowest BCUT2D eigenvalue weighted by atomic mass is 9.69. The molecule has 1 aliphatic rings. The van der Waals surface area contributed by atoms with Crippen LogP contribution in [0.4, 0.5) is 0 Å². The normalized spacial score (nSPS) is 17.8. The molecule has 0 saturated heterocycles. The smallest absolute Gasteiger partial charge is 0.0419 e. The maximum atomic E-state index is 2.44. The molecule has 0 nitrogen and oxygen atoms in total. The van der Waals surface area contributed by atoms with Gasteiger partial charge in [0.2, 0.25) is 0 Å². The Kier molecular flexibility index (Phi) is 4.29. The predicted molar refractivity (Wildman–Crippen MR) is 95.0 cm³/mol. The van der Waals surface area contributed by atoms with Crippen LogP contribution in [-0.2, 0) is 5.41 Å². The molecule has 0 saturated carbocycles. The van der Waals surface area contributed by atoms with Gasteiger partial charge in [-0.05, 0) is 35.5 Å². The Bertz CT molecular complexity index is 622. The highest BCUT2D eigenvalue weighted by Crippen LogP contribution is 2.41. The Morgan fingerprint density at radius 1 is 0.909 bits per heavy atom. The van der Waals surface area contributed by atoms with E-state index in [0.29, 0.717) is 5.92 Å². The second kappa shape index (κ2) is 6.36. The van der Waals surface area contributed by atoms with Crippen molar-refractivity contribution in [3.8, 4) is 0 Å². The second-order valence-corrected chi connectivity index (χ2v) is 6.25. The van der Waals surface area contributed by atoms with E-state index in [4.69, 9.17) is 0 Å². The van der Waals surface area contributed by atoms with Crippen LogP contribution in [0.2, 0.25) is 0 Å². The Morgan fingerprint density at radius 3 is 1.86 bits per heavy atom. The summed E-state index contributed by atoms with van der Waals surface area (Å²) in [5.41, 5.74) is 4.19. The topological polar surface area (TPSA) is 0 Å². The molecule has 2 aromatic rings. The molecule has 1 unspecified atom stereocenters. The third kappa shape index (κ3) is 2.66. The molecule has 2 aromatic carbocycles. The molecule has 0 heterocycles. The summed E-state index contributed by atoms with van der Waals surface area (Å²) >= 11 is 0. The van der Waals surface area contributed by atoms with E-state index in [9.17, 15) is 0 Å². The summed E-state index contributed by atoms with van der Waals surface area (Å²) in [5.74, 6) is 0.640. The van der Waals surface area contributed by atoms with E-state index in [1.165, 1.54) is 23.1 Å². The van der Waals surface area contributed by atoms with Gasteiger partial charge in [-0.15, -0.1) is 0 Å². The van der Waals surface area contributed by atoms with Gasteiger partial charge < -0.3 is 0 Å². The number of hydrogen-bond donors (Lipinski definition) is 0. The highest BCUT2D eigenvalue weighted by Gasteiger charge is 2.32. The van der Waals surface area contributed by atoms with Crippen molar-refractivity contribution in [1.29, 1.82) is 0 Å². The molecular weight excluding hydrogens is 264 g/mol. The predicted octanol–water partition coefficient (Wildman–Crippen LogP) is 5.91. The maximum absolute atomic E-state index is 2.44. The fourth-order valence-electron chi connectivity index (χ4n) is 3.32. The first-order valence-electron chi connectivity index (χ1n) is 8.26. The summed E-state index contributed by atoms with van der Waals surface area (Å²) in [4.78, 5) is 0. The van der Waals surface area contributed by atoms with E-state index >= 15 is 0 Å². The fraction of sp³-hybridized carbons (Fsp3) is 0.273. The zero-order valence-corrected chi connectivity index (χ0v) is 13.5. The van der Waals surface area contributed by atoms with Crippen molar-refractivity contribution in [3.63, 3.8) is 0 Å². The van der Waals surface area contributed by atoms with E-state index in [1.54, 1.807) is 0 Å². The first-order chi connectivity index (χ1) is 10.8. The average molecular weight is 288 g/mol. The number of hydrogen-bond acceptors (Lipinski definition) is 0. The van der Waals surface area contributed by atoms with E-state index in [2.05, 4.69) is 92.7 Å². The summed E-state index contributed by atoms with van der Waals surface area (Å²) in [7, 11) is 0. The lowest BCUT2D eigenvalue weighted by molar-refractivity contribution is 0.609. The summed E-state index contributed by atoms with van der Waals surface area (Å²) in [6.45, 7) is 4.57. The van der Waals surface area contributed by atoms with Crippen LogP contribution < -0.4 is 0 Å². The molecule has 0 aromatic heterocycles. The average Bonchev–Trinajstić information content (AvgIpc) is 2.62. The Balaban J connectivity index is 2.05. The van der Waals surface area contributed by atoms with Crippen molar-refractivity contribution < 1.29 is 0 Å². The molecule has 1 aliphatic carbocycles. The van der Waals surface area contributed by atoms with Crippen molar-refractivity contribution >= 4 is 0 Å². The van der Waals surface area contributed by atoms with E-state index in [-0.39, 0.29) is 5.41 Å². The highest BCUT2D eigenvalue weighted by atomic mass is 14.3. The standard InChI is InChI=1S/C22H24/c1-3-18(2)19-14-16-22(17-15-19,20-10-6-4-7-11-20)21-12-8-5-9-13-21/h4-16,18H,3,17H2,1-2H3. The quantitative estimate of drug-likeness (QED) is 0.656. The Morgan fingerprint density at radius 2 is 1.45 bits per heavy atom. The van der Waals surface area contributed by atoms with Crippen LogP contribution in [0.3, 0.4) is 0 Å². The molecule has 0 fully saturated rings.